The van der Waals surface area contributed by atoms with Gasteiger partial charge >= 0.3 is 0 Å². The van der Waals surface area contributed by atoms with Crippen LogP contribution in [0, 0.1) is 270 Å². The Kier molecular flexibility index (Phi) is 34.8. The minimum Gasteiger partial charge on any atom is -0.0654 e. The summed E-state index contributed by atoms with van der Waals surface area (Å²) in [5.74, 6) is 31.3. The third-order valence-corrected chi connectivity index (χ3v) is 41.3. The van der Waals surface area contributed by atoms with E-state index in [1.54, 1.807) is 0 Å². The monoisotopic (exact) mass is 1740 g/mol. The molecule has 0 aromatic heterocycles. The van der Waals surface area contributed by atoms with Gasteiger partial charge in [0.2, 0.25) is 0 Å². The van der Waals surface area contributed by atoms with Gasteiger partial charge in [0, 0.05) is 0 Å². The SMILES string of the molecule is CC(C)(C)C1CC2CC(C1)C2C(C)(C)C.CC(C)(C)C1CC2CC(C1)C2C(C)(C)C.CC(C)(C)C1CC2CC1CC2C(C)(C)C.CC(C)(C)C1CC2CC1CC2C(C)(C)C.CC(C)(C)C1CC2CCC(C1)C2C(C)(C)C.CC(C)(C)C1CC2CCC1CC2C(C)(C)C.CC(C)(C)C1CC2CCC1CC2C(C)(C)C.CCCC1CC(C(C)(C)C)CCC1C(C)(C)C. The summed E-state index contributed by atoms with van der Waals surface area (Å²) in [5, 5.41) is 0. The average molecular weight is 1740 g/mol. The molecule has 0 nitrogen and oxygen atoms in total. The maximum atomic E-state index is 2.46. The Morgan fingerprint density at radius 2 is 0.312 bits per heavy atom. The second kappa shape index (κ2) is 39.5. The van der Waals surface area contributed by atoms with Crippen LogP contribution in [0.1, 0.15) is 525 Å². The molecule has 0 saturated heterocycles. The highest BCUT2D eigenvalue weighted by atomic mass is 14.6. The van der Waals surface area contributed by atoms with Crippen molar-refractivity contribution in [3.05, 3.63) is 0 Å². The third kappa shape index (κ3) is 28.4. The molecule has 0 heterocycles. The summed E-state index contributed by atoms with van der Waals surface area (Å²) in [4.78, 5) is 0. The molecule has 0 aliphatic heterocycles. The summed E-state index contributed by atoms with van der Waals surface area (Å²) >= 11 is 0. The van der Waals surface area contributed by atoms with Crippen LogP contribution in [0.2, 0.25) is 0 Å². The molecule has 19 rings (SSSR count). The molecule has 736 valence electrons. The lowest BCUT2D eigenvalue weighted by Crippen LogP contribution is -2.51. The summed E-state index contributed by atoms with van der Waals surface area (Å²) in [7, 11) is 0. The van der Waals surface area contributed by atoms with Crippen LogP contribution in [0.4, 0.5) is 0 Å². The van der Waals surface area contributed by atoms with Crippen LogP contribution in [0.5, 0.6) is 0 Å². The van der Waals surface area contributed by atoms with E-state index in [0.29, 0.717) is 86.6 Å². The third-order valence-electron chi connectivity index (χ3n) is 41.3. The molecule has 19 fully saturated rings. The van der Waals surface area contributed by atoms with E-state index in [4.69, 9.17) is 0 Å². The Bertz CT molecular complexity index is 2880. The van der Waals surface area contributed by atoms with Crippen molar-refractivity contribution in [2.75, 3.05) is 0 Å². The highest BCUT2D eigenvalue weighted by Crippen LogP contribution is 2.68. The second-order valence-electron chi connectivity index (χ2n) is 66.7. The maximum Gasteiger partial charge on any atom is -0.0308 e. The van der Waals surface area contributed by atoms with Gasteiger partial charge in [0.15, 0.2) is 0 Å². The molecular formula is C125H236. The van der Waals surface area contributed by atoms with Crippen molar-refractivity contribution in [2.24, 2.45) is 270 Å². The van der Waals surface area contributed by atoms with Crippen LogP contribution < -0.4 is 0 Å². The quantitative estimate of drug-likeness (QED) is 0.259. The van der Waals surface area contributed by atoms with E-state index in [1.807, 2.05) is 0 Å². The molecule has 0 heteroatoms. The van der Waals surface area contributed by atoms with Crippen molar-refractivity contribution in [3.63, 3.8) is 0 Å². The molecule has 0 amide bonds. The standard InChI is InChI=1S/C17H34.3C16H30.4C15H28/c1-8-9-13-12-14(16(2,3)4)10-11-15(13)17(5,6)7;2*1-15(2,3)13-9-12-8-7-11(13)10-14(12)16(4,5)6;1-15(2,3)13-9-11-7-8-12(10-13)14(11)16(4,5)6;2*1-14(2,3)12-8-11-7-10(12)9-13(11)15(4,5)6;2*1-14(2,3)12-8-10-7-11(9-12)13(10)15(4,5)6/h13-15H,8-12H2,1-7H3;3*11-14H,7-10H2,1-6H3;4*10-13H,7-9H2,1-6H3. The largest absolute Gasteiger partial charge is 0.0654 e. The summed E-state index contributed by atoms with van der Waals surface area (Å²) in [6.07, 6.45) is 43.5. The summed E-state index contributed by atoms with van der Waals surface area (Å²) < 4.78 is 0. The van der Waals surface area contributed by atoms with Crippen LogP contribution >= 0.6 is 0 Å². The lowest BCUT2D eigenvalue weighted by atomic mass is 9.46. The molecule has 14 bridgehead atoms. The predicted molar refractivity (Wildman–Crippen MR) is 559 cm³/mol. The van der Waals surface area contributed by atoms with Gasteiger partial charge in [-0.15, -0.1) is 0 Å². The topological polar surface area (TPSA) is 0 Å². The zero-order valence-electron chi connectivity index (χ0n) is 95.4. The molecule has 0 aromatic rings. The highest BCUT2D eigenvalue weighted by Gasteiger charge is 2.59. The minimum absolute atomic E-state index is 0.503. The van der Waals surface area contributed by atoms with Gasteiger partial charge in [-0.25, -0.2) is 0 Å². The molecule has 0 aromatic carbocycles. The summed E-state index contributed by atoms with van der Waals surface area (Å²) in [6.45, 7) is 119. The van der Waals surface area contributed by atoms with Crippen LogP contribution in [-0.2, 0) is 0 Å². The molecule has 25 unspecified atom stereocenters. The molecule has 19 aliphatic carbocycles. The normalized spacial score (nSPS) is 39.5. The van der Waals surface area contributed by atoms with Crippen molar-refractivity contribution in [1.29, 1.82) is 0 Å². The molecule has 0 N–H and O–H groups in total. The van der Waals surface area contributed by atoms with E-state index in [9.17, 15) is 0 Å². The predicted octanol–water partition coefficient (Wildman–Crippen LogP) is 40.3. The number of fused-ring (bicyclic) bond motifs is 16. The fraction of sp³-hybridized carbons (Fsp3) is 1.00. The summed E-state index contributed by atoms with van der Waals surface area (Å²) in [6, 6.07) is 0. The Morgan fingerprint density at radius 1 is 0.136 bits per heavy atom. The molecule has 19 aliphatic rings. The second-order valence-corrected chi connectivity index (χ2v) is 66.7. The molecule has 125 heavy (non-hydrogen) atoms. The average Bonchev–Trinajstić information content (AvgIpc) is 1.53. The van der Waals surface area contributed by atoms with Crippen molar-refractivity contribution in [2.45, 2.75) is 525 Å². The van der Waals surface area contributed by atoms with Crippen LogP contribution in [0.15, 0.2) is 0 Å². The van der Waals surface area contributed by atoms with Crippen molar-refractivity contribution in [3.8, 4) is 0 Å². The van der Waals surface area contributed by atoms with Gasteiger partial charge in [-0.05, 0) is 443 Å². The Balaban J connectivity index is 0.000000177. The maximum absolute atomic E-state index is 2.46. The van der Waals surface area contributed by atoms with Gasteiger partial charge in [-0.3, -0.25) is 0 Å². The molecule has 0 spiro atoms. The fourth-order valence-corrected chi connectivity index (χ4v) is 35.0. The molecular weight excluding hydrogens is 1500 g/mol. The zero-order valence-corrected chi connectivity index (χ0v) is 95.4. The van der Waals surface area contributed by atoms with E-state index in [2.05, 4.69) is 339 Å². The number of hydrogen-bond donors (Lipinski definition) is 0. The first-order valence-corrected chi connectivity index (χ1v) is 56.0. The van der Waals surface area contributed by atoms with Crippen molar-refractivity contribution in [1.82, 2.24) is 0 Å². The van der Waals surface area contributed by atoms with Gasteiger partial charge in [-0.1, -0.05) is 352 Å². The lowest BCUT2D eigenvalue weighted by molar-refractivity contribution is -0.101. The Labute approximate surface area is 790 Å². The van der Waals surface area contributed by atoms with Crippen LogP contribution in [0.3, 0.4) is 0 Å². The van der Waals surface area contributed by atoms with Crippen LogP contribution in [-0.4, -0.2) is 0 Å². The first-order valence-electron chi connectivity index (χ1n) is 56.0. The van der Waals surface area contributed by atoms with E-state index >= 15 is 0 Å². The first kappa shape index (κ1) is 110. The number of rotatable bonds is 2. The fourth-order valence-electron chi connectivity index (χ4n) is 35.0. The van der Waals surface area contributed by atoms with Gasteiger partial charge in [0.25, 0.3) is 0 Å². The minimum atomic E-state index is 0.503. The highest BCUT2D eigenvalue weighted by molar-refractivity contribution is 5.09. The molecule has 0 radical (unpaired) electrons. The van der Waals surface area contributed by atoms with Gasteiger partial charge in [0.1, 0.15) is 0 Å². The van der Waals surface area contributed by atoms with E-state index < -0.39 is 0 Å². The van der Waals surface area contributed by atoms with Crippen molar-refractivity contribution < 1.29 is 0 Å². The zero-order chi connectivity index (χ0) is 95.4. The first-order chi connectivity index (χ1) is 56.0. The molecule has 25 atom stereocenters. The van der Waals surface area contributed by atoms with Crippen LogP contribution in [0.25, 0.3) is 0 Å². The van der Waals surface area contributed by atoms with Gasteiger partial charge in [-0.2, -0.15) is 0 Å². The molecule has 19 saturated carbocycles. The van der Waals surface area contributed by atoms with Gasteiger partial charge < -0.3 is 0 Å². The van der Waals surface area contributed by atoms with Crippen molar-refractivity contribution >= 4 is 0 Å². The number of hydrogen-bond acceptors (Lipinski definition) is 0. The lowest BCUT2D eigenvalue weighted by Gasteiger charge is -2.59. The van der Waals surface area contributed by atoms with E-state index in [1.165, 1.54) is 186 Å². The van der Waals surface area contributed by atoms with E-state index in [0.717, 1.165) is 183 Å². The Hall–Kier alpha value is 0. The smallest absolute Gasteiger partial charge is 0.0308 e. The van der Waals surface area contributed by atoms with Gasteiger partial charge in [0.05, 0.1) is 0 Å². The summed E-state index contributed by atoms with van der Waals surface area (Å²) in [5.41, 5.74) is 8.58. The Morgan fingerprint density at radius 3 is 0.488 bits per heavy atom. The van der Waals surface area contributed by atoms with E-state index in [-0.39, 0.29) is 0 Å².